The van der Waals surface area contributed by atoms with Gasteiger partial charge in [-0.1, -0.05) is 19.3 Å². The summed E-state index contributed by atoms with van der Waals surface area (Å²) in [6, 6.07) is 3.03. The summed E-state index contributed by atoms with van der Waals surface area (Å²) in [5, 5.41) is 13.7. The smallest absolute Gasteiger partial charge is 0.308 e. The van der Waals surface area contributed by atoms with Crippen molar-refractivity contribution < 1.29 is 14.5 Å². The lowest BCUT2D eigenvalue weighted by Gasteiger charge is -2.19. The van der Waals surface area contributed by atoms with E-state index < -0.39 is 4.92 Å². The first-order chi connectivity index (χ1) is 11.7. The van der Waals surface area contributed by atoms with Gasteiger partial charge in [0, 0.05) is 12.6 Å². The third-order valence-corrected chi connectivity index (χ3v) is 4.27. The average Bonchev–Trinajstić information content (AvgIpc) is 2.62. The molecule has 0 amide bonds. The number of nitro groups is 1. The van der Waals surface area contributed by atoms with Crippen LogP contribution >= 0.6 is 0 Å². The molecule has 0 radical (unpaired) electrons. The summed E-state index contributed by atoms with van der Waals surface area (Å²) in [6.07, 6.45) is 9.46. The summed E-state index contributed by atoms with van der Waals surface area (Å²) in [5.74, 6) is 0.723. The van der Waals surface area contributed by atoms with Crippen molar-refractivity contribution >= 4 is 17.5 Å². The molecule has 1 aliphatic carbocycles. The van der Waals surface area contributed by atoms with Gasteiger partial charge in [-0.15, -0.1) is 0 Å². The van der Waals surface area contributed by atoms with Gasteiger partial charge >= 0.3 is 5.97 Å². The Hall–Kier alpha value is -2.18. The number of nitrogens with zero attached hydrogens (tertiary/aromatic N) is 2. The van der Waals surface area contributed by atoms with Gasteiger partial charge < -0.3 is 10.1 Å². The lowest BCUT2D eigenvalue weighted by Crippen LogP contribution is -2.20. The summed E-state index contributed by atoms with van der Waals surface area (Å²) in [4.78, 5) is 25.9. The summed E-state index contributed by atoms with van der Waals surface area (Å²) in [5.41, 5.74) is -0.0136. The Morgan fingerprint density at radius 3 is 2.71 bits per heavy atom. The van der Waals surface area contributed by atoms with Gasteiger partial charge in [0.1, 0.15) is 12.0 Å². The zero-order chi connectivity index (χ0) is 17.2. The Balaban J connectivity index is 1.50. The molecule has 0 aromatic carbocycles. The van der Waals surface area contributed by atoms with E-state index >= 15 is 0 Å². The van der Waals surface area contributed by atoms with Gasteiger partial charge in [-0.25, -0.2) is 4.98 Å². The third-order valence-electron chi connectivity index (χ3n) is 4.27. The van der Waals surface area contributed by atoms with E-state index in [0.29, 0.717) is 12.4 Å². The van der Waals surface area contributed by atoms with E-state index in [0.717, 1.165) is 51.5 Å². The molecule has 1 fully saturated rings. The van der Waals surface area contributed by atoms with Crippen molar-refractivity contribution in [2.24, 2.45) is 5.92 Å². The number of hydrogen-bond donors (Lipinski definition) is 1. The van der Waals surface area contributed by atoms with E-state index in [4.69, 9.17) is 4.74 Å². The van der Waals surface area contributed by atoms with Crippen LogP contribution in [0.4, 0.5) is 11.5 Å². The Bertz CT molecular complexity index is 527. The minimum atomic E-state index is -0.467. The van der Waals surface area contributed by atoms with Crippen molar-refractivity contribution in [2.45, 2.75) is 51.4 Å². The molecule has 1 aliphatic rings. The van der Waals surface area contributed by atoms with Gasteiger partial charge in [0.15, 0.2) is 0 Å². The highest BCUT2D eigenvalue weighted by Crippen LogP contribution is 2.24. The Morgan fingerprint density at radius 1 is 1.25 bits per heavy atom. The maximum atomic E-state index is 11.9. The van der Waals surface area contributed by atoms with Gasteiger partial charge in [-0.2, -0.15) is 0 Å². The normalized spacial score (nSPS) is 15.0. The minimum Gasteiger partial charge on any atom is -0.465 e. The predicted octanol–water partition coefficient (Wildman–Crippen LogP) is 3.70. The van der Waals surface area contributed by atoms with Gasteiger partial charge in [-0.05, 0) is 38.2 Å². The van der Waals surface area contributed by atoms with Crippen molar-refractivity contribution in [3.8, 4) is 0 Å². The first-order valence-electron chi connectivity index (χ1n) is 8.68. The van der Waals surface area contributed by atoms with E-state index in [2.05, 4.69) is 10.3 Å². The van der Waals surface area contributed by atoms with E-state index in [9.17, 15) is 14.9 Å². The number of carbonyl (C=O) groups excluding carboxylic acids is 1. The van der Waals surface area contributed by atoms with E-state index in [1.54, 1.807) is 6.07 Å². The van der Waals surface area contributed by atoms with Gasteiger partial charge in [0.05, 0.1) is 17.4 Å². The van der Waals surface area contributed by atoms with Crippen molar-refractivity contribution in [1.82, 2.24) is 4.98 Å². The molecule has 0 saturated heterocycles. The van der Waals surface area contributed by atoms with Gasteiger partial charge in [0.25, 0.3) is 5.69 Å². The fraction of sp³-hybridized carbons (Fsp3) is 0.647. The van der Waals surface area contributed by atoms with Crippen molar-refractivity contribution in [3.05, 3.63) is 28.4 Å². The van der Waals surface area contributed by atoms with Crippen LogP contribution in [0, 0.1) is 16.0 Å². The van der Waals surface area contributed by atoms with E-state index in [-0.39, 0.29) is 17.6 Å². The maximum Gasteiger partial charge on any atom is 0.308 e. The molecule has 7 heteroatoms. The molecule has 1 aromatic rings. The molecular weight excluding hydrogens is 310 g/mol. The Labute approximate surface area is 142 Å². The molecule has 0 atom stereocenters. The summed E-state index contributed by atoms with van der Waals surface area (Å²) in [6.45, 7) is 1.23. The fourth-order valence-corrected chi connectivity index (χ4v) is 2.85. The Kier molecular flexibility index (Phi) is 7.45. The summed E-state index contributed by atoms with van der Waals surface area (Å²) >= 11 is 0. The number of carbonyl (C=O) groups is 1. The number of unbranched alkanes of at least 4 members (excludes halogenated alkanes) is 2. The number of rotatable bonds is 9. The average molecular weight is 335 g/mol. The number of nitrogens with one attached hydrogen (secondary N) is 1. The lowest BCUT2D eigenvalue weighted by molar-refractivity contribution is -0.385. The topological polar surface area (TPSA) is 94.4 Å². The highest BCUT2D eigenvalue weighted by molar-refractivity contribution is 5.72. The van der Waals surface area contributed by atoms with Crippen LogP contribution < -0.4 is 5.32 Å². The molecule has 1 aromatic heterocycles. The second kappa shape index (κ2) is 9.85. The second-order valence-electron chi connectivity index (χ2n) is 6.15. The first-order valence-corrected chi connectivity index (χ1v) is 8.68. The van der Waals surface area contributed by atoms with Crippen LogP contribution in [0.2, 0.25) is 0 Å². The molecule has 1 N–H and O–H groups in total. The molecule has 132 valence electrons. The molecule has 1 saturated carbocycles. The van der Waals surface area contributed by atoms with Crippen molar-refractivity contribution in [3.63, 3.8) is 0 Å². The number of hydrogen-bond acceptors (Lipinski definition) is 6. The lowest BCUT2D eigenvalue weighted by atomic mass is 9.89. The van der Waals surface area contributed by atoms with Crippen LogP contribution in [0.25, 0.3) is 0 Å². The van der Waals surface area contributed by atoms with Crippen LogP contribution in [-0.4, -0.2) is 29.0 Å². The van der Waals surface area contributed by atoms with Crippen molar-refractivity contribution in [1.29, 1.82) is 0 Å². The van der Waals surface area contributed by atoms with Crippen molar-refractivity contribution in [2.75, 3.05) is 18.5 Å². The van der Waals surface area contributed by atoms with Crippen LogP contribution in [0.15, 0.2) is 18.3 Å². The molecule has 7 nitrogen and oxygen atoms in total. The van der Waals surface area contributed by atoms with Crippen LogP contribution in [0.1, 0.15) is 51.4 Å². The van der Waals surface area contributed by atoms with Crippen LogP contribution in [-0.2, 0) is 9.53 Å². The van der Waals surface area contributed by atoms with Gasteiger partial charge in [-0.3, -0.25) is 14.9 Å². The van der Waals surface area contributed by atoms with E-state index in [1.807, 2.05) is 0 Å². The van der Waals surface area contributed by atoms with E-state index in [1.165, 1.54) is 18.7 Å². The first kappa shape index (κ1) is 18.2. The number of ether oxygens (including phenoxy) is 1. The molecule has 2 rings (SSSR count). The molecule has 0 unspecified atom stereocenters. The zero-order valence-electron chi connectivity index (χ0n) is 13.9. The second-order valence-corrected chi connectivity index (χ2v) is 6.15. The molecule has 0 spiro atoms. The number of aromatic nitrogens is 1. The number of anilines is 1. The third kappa shape index (κ3) is 6.14. The Morgan fingerprint density at radius 2 is 2.04 bits per heavy atom. The largest absolute Gasteiger partial charge is 0.465 e. The van der Waals surface area contributed by atoms with Crippen LogP contribution in [0.5, 0.6) is 0 Å². The minimum absolute atomic E-state index is 0.0136. The predicted molar refractivity (Wildman–Crippen MR) is 90.8 cm³/mol. The van der Waals surface area contributed by atoms with Crippen LogP contribution in [0.3, 0.4) is 0 Å². The standard InChI is InChI=1S/C17H25N3O4/c21-17(14-7-3-1-4-8-14)24-12-6-2-5-11-18-16-10-9-15(13-19-16)20(22)23/h9-10,13-14H,1-8,11-12H2,(H,18,19). The maximum absolute atomic E-state index is 11.9. The highest BCUT2D eigenvalue weighted by atomic mass is 16.6. The highest BCUT2D eigenvalue weighted by Gasteiger charge is 2.21. The van der Waals surface area contributed by atoms with Gasteiger partial charge in [0.2, 0.25) is 0 Å². The quantitative estimate of drug-likeness (QED) is 0.320. The monoisotopic (exact) mass is 335 g/mol. The molecular formula is C17H25N3O4. The summed E-state index contributed by atoms with van der Waals surface area (Å²) in [7, 11) is 0. The molecule has 1 heterocycles. The summed E-state index contributed by atoms with van der Waals surface area (Å²) < 4.78 is 5.35. The fourth-order valence-electron chi connectivity index (χ4n) is 2.85. The molecule has 0 aliphatic heterocycles. The molecule has 0 bridgehead atoms. The number of pyridine rings is 1. The molecule has 24 heavy (non-hydrogen) atoms. The SMILES string of the molecule is O=C(OCCCCCNc1ccc([N+](=O)[O-])cn1)C1CCCCC1. The number of esters is 1. The zero-order valence-corrected chi connectivity index (χ0v) is 13.9.